The van der Waals surface area contributed by atoms with Gasteiger partial charge in [0.2, 0.25) is 0 Å². The average molecular weight is 220 g/mol. The van der Waals surface area contributed by atoms with Crippen LogP contribution in [0.1, 0.15) is 52.0 Å². The molecule has 0 aliphatic carbocycles. The van der Waals surface area contributed by atoms with E-state index < -0.39 is 0 Å². The van der Waals surface area contributed by atoms with Gasteiger partial charge in [-0.3, -0.25) is 0 Å². The van der Waals surface area contributed by atoms with Crippen molar-refractivity contribution in [2.45, 2.75) is 52.9 Å². The number of aryl methyl sites for hydroxylation is 1. The molecule has 0 saturated heterocycles. The summed E-state index contributed by atoms with van der Waals surface area (Å²) in [6, 6.07) is 7.57. The third-order valence-corrected chi connectivity index (χ3v) is 3.46. The minimum Gasteiger partial charge on any atom is -0.508 e. The van der Waals surface area contributed by atoms with Crippen molar-refractivity contribution in [1.29, 1.82) is 0 Å². The van der Waals surface area contributed by atoms with Crippen molar-refractivity contribution in [3.63, 3.8) is 0 Å². The molecule has 1 N–H and O–H groups in total. The summed E-state index contributed by atoms with van der Waals surface area (Å²) in [5.41, 5.74) is 1.82. The molecule has 0 heterocycles. The summed E-state index contributed by atoms with van der Waals surface area (Å²) in [4.78, 5) is 0. The Hall–Kier alpha value is -0.980. The number of phenolic OH excluding ortho intramolecular Hbond substituents is 1. The lowest BCUT2D eigenvalue weighted by Gasteiger charge is -2.22. The van der Waals surface area contributed by atoms with Crippen LogP contribution in [0.3, 0.4) is 0 Å². The van der Waals surface area contributed by atoms with Crippen LogP contribution in [0.15, 0.2) is 24.3 Å². The standard InChI is InChI=1S/C15H24O/c1-4-15(2,3)12-6-5-7-13-8-10-14(16)11-9-13/h8-11,16H,4-7,12H2,1-3H3. The van der Waals surface area contributed by atoms with E-state index in [0.717, 1.165) is 6.42 Å². The summed E-state index contributed by atoms with van der Waals surface area (Å²) in [5, 5.41) is 9.17. The molecule has 0 atom stereocenters. The molecule has 0 bridgehead atoms. The summed E-state index contributed by atoms with van der Waals surface area (Å²) in [6.45, 7) is 6.95. The van der Waals surface area contributed by atoms with E-state index in [9.17, 15) is 0 Å². The Bertz CT molecular complexity index is 298. The Morgan fingerprint density at radius 3 is 2.25 bits per heavy atom. The van der Waals surface area contributed by atoms with E-state index >= 15 is 0 Å². The molecule has 1 aromatic carbocycles. The molecular weight excluding hydrogens is 196 g/mol. The van der Waals surface area contributed by atoms with Crippen molar-refractivity contribution in [2.24, 2.45) is 5.41 Å². The molecule has 16 heavy (non-hydrogen) atoms. The van der Waals surface area contributed by atoms with E-state index in [1.54, 1.807) is 12.1 Å². The van der Waals surface area contributed by atoms with Crippen LogP contribution in [0, 0.1) is 5.41 Å². The van der Waals surface area contributed by atoms with E-state index in [2.05, 4.69) is 20.8 Å². The molecule has 1 nitrogen and oxygen atoms in total. The fraction of sp³-hybridized carbons (Fsp3) is 0.600. The number of unbranched alkanes of at least 4 members (excludes halogenated alkanes) is 1. The van der Waals surface area contributed by atoms with Gasteiger partial charge < -0.3 is 5.11 Å². The fourth-order valence-corrected chi connectivity index (χ4v) is 1.77. The van der Waals surface area contributed by atoms with Crippen LogP contribution in [-0.4, -0.2) is 5.11 Å². The van der Waals surface area contributed by atoms with Crippen LogP contribution in [0.25, 0.3) is 0 Å². The molecule has 1 rings (SSSR count). The molecule has 0 saturated carbocycles. The van der Waals surface area contributed by atoms with E-state index in [4.69, 9.17) is 5.11 Å². The van der Waals surface area contributed by atoms with Crippen molar-refractivity contribution >= 4 is 0 Å². The van der Waals surface area contributed by atoms with Gasteiger partial charge in [0.1, 0.15) is 5.75 Å². The Morgan fingerprint density at radius 2 is 1.69 bits per heavy atom. The van der Waals surface area contributed by atoms with Crippen molar-refractivity contribution in [1.82, 2.24) is 0 Å². The quantitative estimate of drug-likeness (QED) is 0.698. The van der Waals surface area contributed by atoms with Crippen molar-refractivity contribution in [3.05, 3.63) is 29.8 Å². The highest BCUT2D eigenvalue weighted by atomic mass is 16.3. The molecule has 0 radical (unpaired) electrons. The van der Waals surface area contributed by atoms with Crippen LogP contribution >= 0.6 is 0 Å². The number of benzene rings is 1. The topological polar surface area (TPSA) is 20.2 Å². The molecule has 0 unspecified atom stereocenters. The van der Waals surface area contributed by atoms with E-state index in [1.807, 2.05) is 12.1 Å². The highest BCUT2D eigenvalue weighted by Gasteiger charge is 2.13. The predicted molar refractivity (Wildman–Crippen MR) is 69.7 cm³/mol. The van der Waals surface area contributed by atoms with Gasteiger partial charge in [0.05, 0.1) is 0 Å². The fourth-order valence-electron chi connectivity index (χ4n) is 1.77. The molecule has 0 fully saturated rings. The van der Waals surface area contributed by atoms with Gasteiger partial charge in [-0.25, -0.2) is 0 Å². The van der Waals surface area contributed by atoms with Gasteiger partial charge in [-0.15, -0.1) is 0 Å². The maximum atomic E-state index is 9.17. The molecule has 0 amide bonds. The molecule has 1 aromatic rings. The smallest absolute Gasteiger partial charge is 0.115 e. The lowest BCUT2D eigenvalue weighted by molar-refractivity contribution is 0.309. The monoisotopic (exact) mass is 220 g/mol. The minimum absolute atomic E-state index is 0.357. The van der Waals surface area contributed by atoms with Gasteiger partial charge in [0, 0.05) is 0 Å². The number of hydrogen-bond acceptors (Lipinski definition) is 1. The van der Waals surface area contributed by atoms with Gasteiger partial charge >= 0.3 is 0 Å². The first-order valence-electron chi connectivity index (χ1n) is 6.31. The second kappa shape index (κ2) is 5.93. The predicted octanol–water partition coefficient (Wildman–Crippen LogP) is 4.54. The zero-order valence-electron chi connectivity index (χ0n) is 10.8. The summed E-state index contributed by atoms with van der Waals surface area (Å²) < 4.78 is 0. The first-order valence-corrected chi connectivity index (χ1v) is 6.31. The first kappa shape index (κ1) is 13.1. The lowest BCUT2D eigenvalue weighted by Crippen LogP contribution is -2.09. The van der Waals surface area contributed by atoms with Gasteiger partial charge in [-0.2, -0.15) is 0 Å². The second-order valence-corrected chi connectivity index (χ2v) is 5.39. The van der Waals surface area contributed by atoms with Gasteiger partial charge in [0.15, 0.2) is 0 Å². The second-order valence-electron chi connectivity index (χ2n) is 5.39. The highest BCUT2D eigenvalue weighted by Crippen LogP contribution is 2.27. The Kier molecular flexibility index (Phi) is 4.85. The van der Waals surface area contributed by atoms with Gasteiger partial charge in [-0.05, 0) is 42.4 Å². The van der Waals surface area contributed by atoms with Crippen molar-refractivity contribution in [2.75, 3.05) is 0 Å². The van der Waals surface area contributed by atoms with Crippen molar-refractivity contribution < 1.29 is 5.11 Å². The zero-order valence-corrected chi connectivity index (χ0v) is 10.8. The highest BCUT2D eigenvalue weighted by molar-refractivity contribution is 5.25. The Labute approximate surface area is 99.5 Å². The van der Waals surface area contributed by atoms with Crippen LogP contribution in [0.5, 0.6) is 5.75 Å². The van der Waals surface area contributed by atoms with E-state index in [0.29, 0.717) is 11.2 Å². The average Bonchev–Trinajstić information content (AvgIpc) is 2.27. The van der Waals surface area contributed by atoms with Gasteiger partial charge in [-0.1, -0.05) is 45.7 Å². The summed E-state index contributed by atoms with van der Waals surface area (Å²) in [6.07, 6.45) is 6.23. The molecule has 0 spiro atoms. The Balaban J connectivity index is 2.23. The van der Waals surface area contributed by atoms with Crippen LogP contribution in [0.2, 0.25) is 0 Å². The summed E-state index contributed by atoms with van der Waals surface area (Å²) in [5.74, 6) is 0.357. The van der Waals surface area contributed by atoms with Crippen molar-refractivity contribution in [3.8, 4) is 5.75 Å². The third-order valence-electron chi connectivity index (χ3n) is 3.46. The number of hydrogen-bond donors (Lipinski definition) is 1. The summed E-state index contributed by atoms with van der Waals surface area (Å²) in [7, 11) is 0. The zero-order chi connectivity index (χ0) is 12.0. The van der Waals surface area contributed by atoms with E-state index in [-0.39, 0.29) is 0 Å². The normalized spacial score (nSPS) is 11.7. The van der Waals surface area contributed by atoms with Crippen LogP contribution in [0.4, 0.5) is 0 Å². The maximum Gasteiger partial charge on any atom is 0.115 e. The van der Waals surface area contributed by atoms with Gasteiger partial charge in [0.25, 0.3) is 0 Å². The molecule has 1 heteroatoms. The number of aromatic hydroxyl groups is 1. The molecule has 90 valence electrons. The summed E-state index contributed by atoms with van der Waals surface area (Å²) >= 11 is 0. The molecule has 0 aliphatic heterocycles. The third kappa shape index (κ3) is 4.69. The minimum atomic E-state index is 0.357. The largest absolute Gasteiger partial charge is 0.508 e. The van der Waals surface area contributed by atoms with Crippen LogP contribution in [-0.2, 0) is 6.42 Å². The maximum absolute atomic E-state index is 9.17. The molecule has 0 aliphatic rings. The Morgan fingerprint density at radius 1 is 1.06 bits per heavy atom. The first-order chi connectivity index (χ1) is 7.53. The van der Waals surface area contributed by atoms with E-state index in [1.165, 1.54) is 31.2 Å². The SMILES string of the molecule is CCC(C)(C)CCCCc1ccc(O)cc1. The van der Waals surface area contributed by atoms with Crippen LogP contribution < -0.4 is 0 Å². The molecular formula is C15H24O. The number of rotatable bonds is 6. The number of phenols is 1. The lowest BCUT2D eigenvalue weighted by atomic mass is 9.84. The molecule has 0 aromatic heterocycles.